The molecule has 0 N–H and O–H groups in total. The van der Waals surface area contributed by atoms with Crippen molar-refractivity contribution in [2.45, 2.75) is 6.42 Å². The van der Waals surface area contributed by atoms with Gasteiger partial charge in [-0.05, 0) is 40.8 Å². The molecule has 2 radical (unpaired) electrons. The van der Waals surface area contributed by atoms with E-state index < -0.39 is 0 Å². The average Bonchev–Trinajstić information content (AvgIpc) is 2.53. The van der Waals surface area contributed by atoms with Gasteiger partial charge < -0.3 is 0 Å². The molecule has 0 saturated heterocycles. The van der Waals surface area contributed by atoms with Crippen molar-refractivity contribution in [3.05, 3.63) is 52.0 Å². The molecule has 3 rings (SSSR count). The van der Waals surface area contributed by atoms with Crippen molar-refractivity contribution >= 4 is 29.2 Å². The first-order chi connectivity index (χ1) is 7.24. The van der Waals surface area contributed by atoms with Crippen molar-refractivity contribution in [1.29, 1.82) is 0 Å². The number of hydrogen-bond acceptors (Lipinski definition) is 0. The van der Waals surface area contributed by atoms with E-state index in [1.165, 1.54) is 22.3 Å². The molecule has 0 unspecified atom stereocenters. The Bertz CT molecular complexity index is 497. The average molecular weight is 255 g/mol. The number of hydrogen-bond donors (Lipinski definition) is 0. The second-order valence-electron chi connectivity index (χ2n) is 3.89. The number of halogens is 1. The Kier molecular flexibility index (Phi) is 1.99. The maximum Gasteiger partial charge on any atom is 0.113 e. The minimum absolute atomic E-state index is 0.848. The van der Waals surface area contributed by atoms with Crippen LogP contribution in [0, 0.1) is 0 Å². The number of rotatable bonds is 0. The predicted molar refractivity (Wildman–Crippen MR) is 67.8 cm³/mol. The molecule has 0 spiro atoms. The quantitative estimate of drug-likeness (QED) is 0.542. The Morgan fingerprint density at radius 2 is 1.60 bits per heavy atom. The van der Waals surface area contributed by atoms with Gasteiger partial charge in [-0.3, -0.25) is 0 Å². The van der Waals surface area contributed by atoms with Crippen LogP contribution in [0.25, 0.3) is 11.1 Å². The van der Waals surface area contributed by atoms with Gasteiger partial charge in [0.15, 0.2) is 0 Å². The lowest BCUT2D eigenvalue weighted by molar-refractivity contribution is 1.26. The molecule has 1 aliphatic rings. The summed E-state index contributed by atoms with van der Waals surface area (Å²) in [5.74, 6) is 0. The molecule has 70 valence electrons. The Balaban J connectivity index is 2.24. The summed E-state index contributed by atoms with van der Waals surface area (Å²) < 4.78 is 1.14. The topological polar surface area (TPSA) is 0 Å². The van der Waals surface area contributed by atoms with Crippen LogP contribution in [0.3, 0.4) is 0 Å². The van der Waals surface area contributed by atoms with E-state index >= 15 is 0 Å². The van der Waals surface area contributed by atoms with E-state index in [2.05, 4.69) is 46.3 Å². The van der Waals surface area contributed by atoms with Gasteiger partial charge in [0, 0.05) is 4.47 Å². The normalized spacial score (nSPS) is 12.3. The highest BCUT2D eigenvalue weighted by Gasteiger charge is 2.17. The summed E-state index contributed by atoms with van der Waals surface area (Å²) >= 11 is 3.50. The highest BCUT2D eigenvalue weighted by atomic mass is 79.9. The largest absolute Gasteiger partial charge is 0.113 e. The van der Waals surface area contributed by atoms with E-state index in [9.17, 15) is 0 Å². The fourth-order valence-electron chi connectivity index (χ4n) is 2.20. The van der Waals surface area contributed by atoms with Gasteiger partial charge in [-0.25, -0.2) is 0 Å². The summed E-state index contributed by atoms with van der Waals surface area (Å²) in [4.78, 5) is 0. The van der Waals surface area contributed by atoms with Gasteiger partial charge >= 0.3 is 0 Å². The Morgan fingerprint density at radius 3 is 2.40 bits per heavy atom. The molecule has 0 saturated carbocycles. The lowest BCUT2D eigenvalue weighted by atomic mass is 9.92. The minimum Gasteiger partial charge on any atom is -0.0963 e. The molecule has 0 heterocycles. The molecule has 2 aromatic rings. The van der Waals surface area contributed by atoms with Crippen molar-refractivity contribution in [3.8, 4) is 11.1 Å². The van der Waals surface area contributed by atoms with Crippen molar-refractivity contribution in [2.75, 3.05) is 0 Å². The van der Waals surface area contributed by atoms with Crippen LogP contribution in [0.15, 0.2) is 40.9 Å². The Morgan fingerprint density at radius 1 is 0.933 bits per heavy atom. The zero-order valence-corrected chi connectivity index (χ0v) is 9.71. The third-order valence-electron chi connectivity index (χ3n) is 2.87. The molecule has 0 aliphatic heterocycles. The van der Waals surface area contributed by atoms with E-state index in [-0.39, 0.29) is 0 Å². The van der Waals surface area contributed by atoms with E-state index in [0.29, 0.717) is 0 Å². The molecule has 1 aliphatic carbocycles. The van der Waals surface area contributed by atoms with Crippen LogP contribution in [-0.4, -0.2) is 7.85 Å². The molecule has 0 nitrogen and oxygen atoms in total. The van der Waals surface area contributed by atoms with Gasteiger partial charge in [0.25, 0.3) is 0 Å². The van der Waals surface area contributed by atoms with Crippen LogP contribution in [0.4, 0.5) is 0 Å². The maximum atomic E-state index is 5.79. The van der Waals surface area contributed by atoms with Crippen molar-refractivity contribution in [1.82, 2.24) is 0 Å². The number of benzene rings is 2. The lowest BCUT2D eigenvalue weighted by Crippen LogP contribution is -2.01. The first kappa shape index (κ1) is 9.23. The monoisotopic (exact) mass is 254 g/mol. The third kappa shape index (κ3) is 1.44. The van der Waals surface area contributed by atoms with Gasteiger partial charge in [-0.2, -0.15) is 0 Å². The van der Waals surface area contributed by atoms with Gasteiger partial charge in [-0.1, -0.05) is 45.7 Å². The first-order valence-corrected chi connectivity index (χ1v) is 5.70. The standard InChI is InChI=1S/C13H8BBr/c14-10-1-3-12-8(6-10)5-9-7-11(15)2-4-13(9)12/h1-4,6-7H,5H2. The van der Waals surface area contributed by atoms with Crippen molar-refractivity contribution in [3.63, 3.8) is 0 Å². The lowest BCUT2D eigenvalue weighted by Gasteiger charge is -2.01. The summed E-state index contributed by atoms with van der Waals surface area (Å²) in [5, 5.41) is 0. The highest BCUT2D eigenvalue weighted by Crippen LogP contribution is 2.36. The van der Waals surface area contributed by atoms with Crippen molar-refractivity contribution < 1.29 is 0 Å². The third-order valence-corrected chi connectivity index (χ3v) is 3.36. The Hall–Kier alpha value is -1.02. The zero-order valence-electron chi connectivity index (χ0n) is 8.13. The van der Waals surface area contributed by atoms with E-state index in [0.717, 1.165) is 16.4 Å². The molecule has 0 fully saturated rings. The minimum atomic E-state index is 0.848. The summed E-state index contributed by atoms with van der Waals surface area (Å²) in [6, 6.07) is 12.6. The summed E-state index contributed by atoms with van der Waals surface area (Å²) in [6.45, 7) is 0. The van der Waals surface area contributed by atoms with Gasteiger partial charge in [0.2, 0.25) is 0 Å². The van der Waals surface area contributed by atoms with E-state index in [1.54, 1.807) is 0 Å². The second kappa shape index (κ2) is 3.24. The molecule has 0 bridgehead atoms. The summed E-state index contributed by atoms with van der Waals surface area (Å²) in [5.41, 5.74) is 6.23. The SMILES string of the molecule is [B]c1ccc2c(c1)Cc1cc(Br)ccc1-2. The molecule has 0 amide bonds. The Labute approximate surface area is 98.9 Å². The fourth-order valence-corrected chi connectivity index (χ4v) is 2.61. The molecular formula is C13H8BBr. The van der Waals surface area contributed by atoms with Gasteiger partial charge in [-0.15, -0.1) is 0 Å². The fraction of sp³-hybridized carbons (Fsp3) is 0.0769. The van der Waals surface area contributed by atoms with Crippen LogP contribution < -0.4 is 5.46 Å². The molecular weight excluding hydrogens is 247 g/mol. The van der Waals surface area contributed by atoms with E-state index in [1.807, 2.05) is 6.07 Å². The van der Waals surface area contributed by atoms with Gasteiger partial charge in [0.05, 0.1) is 0 Å². The molecule has 2 aromatic carbocycles. The van der Waals surface area contributed by atoms with Crippen LogP contribution in [0.5, 0.6) is 0 Å². The maximum absolute atomic E-state index is 5.79. The highest BCUT2D eigenvalue weighted by molar-refractivity contribution is 9.10. The first-order valence-electron chi connectivity index (χ1n) is 4.91. The molecule has 2 heteroatoms. The van der Waals surface area contributed by atoms with E-state index in [4.69, 9.17) is 7.85 Å². The van der Waals surface area contributed by atoms with Crippen molar-refractivity contribution in [2.24, 2.45) is 0 Å². The van der Waals surface area contributed by atoms with Crippen LogP contribution in [-0.2, 0) is 6.42 Å². The number of fused-ring (bicyclic) bond motifs is 3. The van der Waals surface area contributed by atoms with Crippen LogP contribution >= 0.6 is 15.9 Å². The molecule has 0 atom stereocenters. The van der Waals surface area contributed by atoms with Gasteiger partial charge in [0.1, 0.15) is 7.85 Å². The smallest absolute Gasteiger partial charge is 0.0963 e. The van der Waals surface area contributed by atoms with Crippen LogP contribution in [0.2, 0.25) is 0 Å². The second-order valence-corrected chi connectivity index (χ2v) is 4.81. The van der Waals surface area contributed by atoms with Crippen LogP contribution in [0.1, 0.15) is 11.1 Å². The summed E-state index contributed by atoms with van der Waals surface area (Å²) in [7, 11) is 5.79. The zero-order chi connectivity index (χ0) is 10.4. The predicted octanol–water partition coefficient (Wildman–Crippen LogP) is 2.81. The molecule has 0 aromatic heterocycles. The molecule has 15 heavy (non-hydrogen) atoms. The summed E-state index contributed by atoms with van der Waals surface area (Å²) in [6.07, 6.45) is 0.995.